The molecule has 0 fully saturated rings. The maximum Gasteiger partial charge on any atom is 1.00 e. The summed E-state index contributed by atoms with van der Waals surface area (Å²) in [5.41, 5.74) is -2.50. The van der Waals surface area contributed by atoms with Crippen molar-refractivity contribution in [3.05, 3.63) is 74.4 Å². The van der Waals surface area contributed by atoms with Gasteiger partial charge in [0.2, 0.25) is 0 Å². The number of hydrogen-bond donors (Lipinski definition) is 1. The van der Waals surface area contributed by atoms with Gasteiger partial charge in [0.05, 0.1) is 51.2 Å². The van der Waals surface area contributed by atoms with Crippen LogP contribution in [0.2, 0.25) is 20.1 Å². The molecule has 0 saturated heterocycles. The summed E-state index contributed by atoms with van der Waals surface area (Å²) >= 11 is 32.6. The van der Waals surface area contributed by atoms with Crippen LogP contribution in [0.1, 0.15) is 47.4 Å². The second-order valence-corrected chi connectivity index (χ2v) is 14.5. The number of esters is 2. The van der Waals surface area contributed by atoms with Crippen molar-refractivity contribution in [3.63, 3.8) is 0 Å². The van der Waals surface area contributed by atoms with Crippen LogP contribution < -0.4 is 108 Å². The number of thiazole rings is 2. The maximum absolute atomic E-state index is 13.0. The first-order valence-corrected chi connectivity index (χ1v) is 18.0. The first kappa shape index (κ1) is 58.0. The number of nitrogens with zero attached hydrogens (tertiary/aromatic N) is 3. The third kappa shape index (κ3) is 21.8. The molecule has 4 aromatic heterocycles. The fourth-order valence-electron chi connectivity index (χ4n) is 2.71. The molecule has 4 heterocycles. The van der Waals surface area contributed by atoms with E-state index in [0.29, 0.717) is 42.1 Å². The average Bonchev–Trinajstić information content (AvgIpc) is 3.71. The summed E-state index contributed by atoms with van der Waals surface area (Å²) in [6.45, 7) is 2.81. The number of halogens is 12. The van der Waals surface area contributed by atoms with Gasteiger partial charge >= 0.3 is 127 Å². The van der Waals surface area contributed by atoms with Gasteiger partial charge in [-0.15, -0.1) is 0 Å². The summed E-state index contributed by atoms with van der Waals surface area (Å²) in [5.74, 6) is -2.08. The zero-order valence-electron chi connectivity index (χ0n) is 29.9. The number of carbonyl (C=O) groups is 3. The van der Waals surface area contributed by atoms with Crippen LogP contribution in [0.4, 0.5) is 30.7 Å². The number of alkyl halides is 7. The smallest absolute Gasteiger partial charge is 1.00 e. The fourth-order valence-corrected chi connectivity index (χ4v) is 7.16. The predicted octanol–water partition coefficient (Wildman–Crippen LogP) is 4.48. The van der Waals surface area contributed by atoms with Gasteiger partial charge in [0.1, 0.15) is 9.75 Å². The van der Waals surface area contributed by atoms with E-state index in [2.05, 4.69) is 50.2 Å². The molecule has 29 heteroatoms. The van der Waals surface area contributed by atoms with Crippen LogP contribution >= 0.6 is 109 Å². The third-order valence-electron chi connectivity index (χ3n) is 4.56. The Morgan fingerprint density at radius 3 is 1.71 bits per heavy atom. The Bertz CT molecular complexity index is 1850. The molecule has 0 unspecified atom stereocenters. The van der Waals surface area contributed by atoms with Gasteiger partial charge < -0.3 is 26.0 Å². The predicted molar refractivity (Wildman–Crippen MR) is 189 cm³/mol. The van der Waals surface area contributed by atoms with Crippen LogP contribution in [-0.2, 0) is 31.5 Å². The Hall–Kier alpha value is 0.923. The molecular formula is C26H20BrCl4F7K2N4O7S4. The van der Waals surface area contributed by atoms with Gasteiger partial charge in [-0.1, -0.05) is 93.1 Å². The van der Waals surface area contributed by atoms with E-state index in [4.69, 9.17) is 70.0 Å². The summed E-state index contributed by atoms with van der Waals surface area (Å²) < 4.78 is 101. The minimum Gasteiger partial charge on any atom is -1.00 e. The van der Waals surface area contributed by atoms with Crippen LogP contribution in [0.15, 0.2) is 37.9 Å². The first-order chi connectivity index (χ1) is 25.1. The molecule has 0 saturated carbocycles. The van der Waals surface area contributed by atoms with Crippen molar-refractivity contribution < 1.29 is 170 Å². The minimum absolute atomic E-state index is 0. The van der Waals surface area contributed by atoms with Gasteiger partial charge in [-0.2, -0.15) is 26.3 Å². The van der Waals surface area contributed by atoms with Crippen LogP contribution in [0.25, 0.3) is 0 Å². The summed E-state index contributed by atoms with van der Waals surface area (Å²) in [6, 6.07) is 0. The van der Waals surface area contributed by atoms with Gasteiger partial charge in [-0.3, -0.25) is 14.2 Å². The van der Waals surface area contributed by atoms with Gasteiger partial charge in [-0.25, -0.2) is 19.6 Å². The van der Waals surface area contributed by atoms with E-state index in [1.807, 2.05) is 0 Å². The first-order valence-electron chi connectivity index (χ1n) is 13.6. The van der Waals surface area contributed by atoms with Crippen LogP contribution in [-0.4, -0.2) is 58.7 Å². The normalized spacial score (nSPS) is 10.3. The SMILES string of the molecule is CCOC(=O)c1sc(Br)nc1C(F)(F)F.CCOC(=O)c1sc(Sc2c(Cl)cncc2Cl)nc1C(F)(F)F.O=CO[O-].S=c1c(Cl)c[nH]cc1Cl.[2H]CF.[H-].[K+].[K+]. The molecular weight excluding hydrogens is 1040 g/mol. The molecule has 0 bridgehead atoms. The van der Waals surface area contributed by atoms with E-state index in [1.165, 1.54) is 26.2 Å². The second kappa shape index (κ2) is 30.9. The van der Waals surface area contributed by atoms with Gasteiger partial charge in [-0.05, 0) is 29.8 Å². The summed E-state index contributed by atoms with van der Waals surface area (Å²) in [4.78, 5) is 46.4. The summed E-state index contributed by atoms with van der Waals surface area (Å²) in [7, 11) is -1.00. The quantitative estimate of drug-likeness (QED) is 0.0528. The number of rotatable bonds is 7. The van der Waals surface area contributed by atoms with Crippen LogP contribution in [0, 0.1) is 4.51 Å². The molecule has 11 nitrogen and oxygen atoms in total. The number of pyridine rings is 2. The molecule has 0 aliphatic heterocycles. The van der Waals surface area contributed by atoms with Crippen molar-refractivity contribution >= 4 is 127 Å². The zero-order valence-corrected chi connectivity index (χ0v) is 42.0. The number of carbonyl (C=O) groups excluding carboxylic acids is 3. The van der Waals surface area contributed by atoms with Crippen molar-refractivity contribution in [2.75, 3.05) is 20.4 Å². The monoisotopic (exact) mass is 1060 g/mol. The van der Waals surface area contributed by atoms with Crippen molar-refractivity contribution in [2.45, 2.75) is 35.4 Å². The standard InChI is InChI=1S/C12H7Cl2F3N2O2S2.C7H5BrF3NO2S.C5H3Cl2NS.CH3F.CH2O3.2K.H/c1-2-21-10(20)8-9(12(15,16)17)19-11(23-8)22-7-5(13)3-18-4-6(7)14;1-2-14-5(13)3-4(7(9,10)11)12-6(8)15-3;6-3-1-8-2-4(7)5(3)9;1-2;2-1-4-3;;;/h3-4H,2H2,1H3;2H2,1H3;1-2H,(H,8,9);1H3;1,3H;;;/q;;;;;2*+1;-1/p-1/i;;;1D;;;;. The Morgan fingerprint density at radius 2 is 1.35 bits per heavy atom. The molecule has 0 aliphatic rings. The van der Waals surface area contributed by atoms with Gasteiger partial charge in [0.25, 0.3) is 6.47 Å². The Labute approximate surface area is 440 Å². The topological polar surface area (TPSA) is 156 Å². The molecule has 4 rings (SSSR count). The fraction of sp³-hybridized carbons (Fsp3) is 0.269. The molecule has 0 aromatic carbocycles. The summed E-state index contributed by atoms with van der Waals surface area (Å²) in [6.07, 6.45) is -3.63. The van der Waals surface area contributed by atoms with Gasteiger partial charge in [0, 0.05) is 24.8 Å². The Kier molecular flexibility index (Phi) is 32.6. The Morgan fingerprint density at radius 1 is 0.945 bits per heavy atom. The number of ether oxygens (including phenoxy) is 2. The number of H-pyrrole nitrogens is 1. The molecule has 0 spiro atoms. The largest absolute Gasteiger partial charge is 1.00 e. The second-order valence-electron chi connectivity index (χ2n) is 7.95. The third-order valence-corrected chi connectivity index (χ3v) is 10.3. The molecule has 0 amide bonds. The molecule has 296 valence electrons. The molecule has 0 radical (unpaired) electrons. The van der Waals surface area contributed by atoms with Crippen LogP contribution in [0.5, 0.6) is 0 Å². The van der Waals surface area contributed by atoms with Gasteiger partial charge in [0.15, 0.2) is 19.6 Å². The van der Waals surface area contributed by atoms with E-state index in [1.54, 1.807) is 12.4 Å². The Balaban J connectivity index is -0.000000356. The maximum atomic E-state index is 13.0. The average molecular weight is 1060 g/mol. The molecule has 55 heavy (non-hydrogen) atoms. The number of aromatic nitrogens is 4. The molecule has 1 N–H and O–H groups in total. The number of hydrogen-bond acceptors (Lipinski definition) is 14. The van der Waals surface area contributed by atoms with Crippen LogP contribution in [0.3, 0.4) is 0 Å². The van der Waals surface area contributed by atoms with Crippen molar-refractivity contribution in [2.24, 2.45) is 0 Å². The minimum atomic E-state index is -4.77. The van der Waals surface area contributed by atoms with E-state index >= 15 is 0 Å². The summed E-state index contributed by atoms with van der Waals surface area (Å²) in [5, 5.41) is 9.74. The van der Waals surface area contributed by atoms with E-state index in [9.17, 15) is 40.3 Å². The number of aromatic amines is 1. The van der Waals surface area contributed by atoms with Crippen molar-refractivity contribution in [3.8, 4) is 0 Å². The molecule has 0 atom stereocenters. The van der Waals surface area contributed by atoms with E-state index < -0.39 is 52.6 Å². The van der Waals surface area contributed by atoms with Crippen molar-refractivity contribution in [1.82, 2.24) is 19.9 Å². The number of nitrogens with one attached hydrogen (secondary N) is 1. The van der Waals surface area contributed by atoms with E-state index in [-0.39, 0.29) is 142 Å². The molecule has 0 aliphatic carbocycles. The van der Waals surface area contributed by atoms with Crippen molar-refractivity contribution in [1.29, 1.82) is 0 Å². The molecule has 4 aromatic rings. The zero-order chi connectivity index (χ0) is 41.8. The van der Waals surface area contributed by atoms with E-state index in [0.717, 1.165) is 11.8 Å².